The monoisotopic (exact) mass is 171 g/mol. The lowest BCUT2D eigenvalue weighted by molar-refractivity contribution is -0.142. The van der Waals surface area contributed by atoms with Crippen molar-refractivity contribution in [2.75, 3.05) is 6.54 Å². The van der Waals surface area contributed by atoms with E-state index in [1.165, 1.54) is 12.8 Å². The summed E-state index contributed by atoms with van der Waals surface area (Å²) in [7, 11) is 0. The third kappa shape index (κ3) is 3.22. The second kappa shape index (κ2) is 4.45. The maximum Gasteiger partial charge on any atom is 0.306 e. The van der Waals surface area contributed by atoms with Crippen LogP contribution in [0.1, 0.15) is 32.1 Å². The summed E-state index contributed by atoms with van der Waals surface area (Å²) >= 11 is 0. The Morgan fingerprint density at radius 1 is 1.58 bits per heavy atom. The minimum absolute atomic E-state index is 0.138. The van der Waals surface area contributed by atoms with Crippen molar-refractivity contribution in [3.63, 3.8) is 0 Å². The predicted molar refractivity (Wildman–Crippen MR) is 46.8 cm³/mol. The quantitative estimate of drug-likeness (QED) is 0.631. The lowest BCUT2D eigenvalue weighted by atomic mass is 9.97. The zero-order chi connectivity index (χ0) is 8.97. The number of rotatable bonds is 6. The second-order valence-corrected chi connectivity index (χ2v) is 3.65. The van der Waals surface area contributed by atoms with Crippen molar-refractivity contribution in [3.05, 3.63) is 0 Å². The summed E-state index contributed by atoms with van der Waals surface area (Å²) < 4.78 is 0. The molecule has 0 aromatic rings. The van der Waals surface area contributed by atoms with Crippen LogP contribution in [0.3, 0.4) is 0 Å². The van der Waals surface area contributed by atoms with Crippen molar-refractivity contribution in [2.24, 2.45) is 17.6 Å². The molecule has 0 saturated heterocycles. The average Bonchev–Trinajstić information content (AvgIpc) is 2.80. The highest BCUT2D eigenvalue weighted by Gasteiger charge is 2.28. The molecule has 1 aliphatic carbocycles. The minimum Gasteiger partial charge on any atom is -0.481 e. The van der Waals surface area contributed by atoms with Crippen LogP contribution < -0.4 is 5.73 Å². The molecule has 1 fully saturated rings. The molecular formula is C9H17NO2. The smallest absolute Gasteiger partial charge is 0.306 e. The molecule has 0 spiro atoms. The largest absolute Gasteiger partial charge is 0.481 e. The van der Waals surface area contributed by atoms with E-state index in [2.05, 4.69) is 0 Å². The summed E-state index contributed by atoms with van der Waals surface area (Å²) in [6.07, 6.45) is 4.92. The molecule has 0 radical (unpaired) electrons. The first kappa shape index (κ1) is 9.52. The molecule has 0 heterocycles. The Hall–Kier alpha value is -0.570. The summed E-state index contributed by atoms with van der Waals surface area (Å²) in [5.74, 6) is -0.0831. The van der Waals surface area contributed by atoms with Gasteiger partial charge in [-0.1, -0.05) is 12.8 Å². The summed E-state index contributed by atoms with van der Waals surface area (Å²) in [6.45, 7) is 0.606. The number of carboxylic acid groups (broad SMARTS) is 1. The van der Waals surface area contributed by atoms with Crippen LogP contribution in [0.5, 0.6) is 0 Å². The van der Waals surface area contributed by atoms with Gasteiger partial charge in [-0.25, -0.2) is 0 Å². The number of hydrogen-bond acceptors (Lipinski definition) is 2. The van der Waals surface area contributed by atoms with Crippen LogP contribution in [-0.4, -0.2) is 17.6 Å². The molecule has 0 amide bonds. The van der Waals surface area contributed by atoms with Crippen molar-refractivity contribution in [1.82, 2.24) is 0 Å². The number of hydrogen-bond donors (Lipinski definition) is 2. The Bertz CT molecular complexity index is 155. The van der Waals surface area contributed by atoms with Gasteiger partial charge in [0.25, 0.3) is 0 Å². The molecule has 3 nitrogen and oxygen atoms in total. The van der Waals surface area contributed by atoms with Gasteiger partial charge in [0.2, 0.25) is 0 Å². The van der Waals surface area contributed by atoms with E-state index in [0.717, 1.165) is 19.3 Å². The van der Waals surface area contributed by atoms with Gasteiger partial charge < -0.3 is 10.8 Å². The van der Waals surface area contributed by atoms with E-state index in [-0.39, 0.29) is 5.92 Å². The fourth-order valence-electron chi connectivity index (χ4n) is 1.46. The SMILES string of the molecule is NCCCC(CC1CC1)C(=O)O. The summed E-state index contributed by atoms with van der Waals surface area (Å²) in [5.41, 5.74) is 5.33. The maximum atomic E-state index is 10.7. The maximum absolute atomic E-state index is 10.7. The van der Waals surface area contributed by atoms with Crippen LogP contribution in [0.2, 0.25) is 0 Å². The summed E-state index contributed by atoms with van der Waals surface area (Å²) in [6, 6.07) is 0. The van der Waals surface area contributed by atoms with Crippen molar-refractivity contribution in [1.29, 1.82) is 0 Å². The molecule has 1 rings (SSSR count). The van der Waals surface area contributed by atoms with Crippen LogP contribution in [0.4, 0.5) is 0 Å². The number of carbonyl (C=O) groups is 1. The van der Waals surface area contributed by atoms with Gasteiger partial charge in [-0.3, -0.25) is 4.79 Å². The summed E-state index contributed by atoms with van der Waals surface area (Å²) in [4.78, 5) is 10.7. The normalized spacial score (nSPS) is 19.1. The molecule has 0 aromatic heterocycles. The fraction of sp³-hybridized carbons (Fsp3) is 0.889. The number of carboxylic acids is 1. The van der Waals surface area contributed by atoms with Gasteiger partial charge in [-0.15, -0.1) is 0 Å². The highest BCUT2D eigenvalue weighted by atomic mass is 16.4. The third-order valence-electron chi connectivity index (χ3n) is 2.42. The predicted octanol–water partition coefficient (Wildman–Crippen LogP) is 1.23. The van der Waals surface area contributed by atoms with E-state index < -0.39 is 5.97 Å². The standard InChI is InChI=1S/C9H17NO2/c10-5-1-2-8(9(11)12)6-7-3-4-7/h7-8H,1-6,10H2,(H,11,12). The van der Waals surface area contributed by atoms with Crippen LogP contribution >= 0.6 is 0 Å². The van der Waals surface area contributed by atoms with Gasteiger partial charge in [0.05, 0.1) is 5.92 Å². The van der Waals surface area contributed by atoms with Crippen LogP contribution in [0.25, 0.3) is 0 Å². The lowest BCUT2D eigenvalue weighted by Crippen LogP contribution is -2.16. The average molecular weight is 171 g/mol. The number of nitrogens with two attached hydrogens (primary N) is 1. The zero-order valence-corrected chi connectivity index (χ0v) is 7.33. The second-order valence-electron chi connectivity index (χ2n) is 3.65. The highest BCUT2D eigenvalue weighted by Crippen LogP contribution is 2.36. The molecule has 0 bridgehead atoms. The van der Waals surface area contributed by atoms with E-state index in [0.29, 0.717) is 12.5 Å². The highest BCUT2D eigenvalue weighted by molar-refractivity contribution is 5.69. The van der Waals surface area contributed by atoms with E-state index in [9.17, 15) is 4.79 Å². The first-order chi connectivity index (χ1) is 5.74. The Morgan fingerprint density at radius 3 is 2.67 bits per heavy atom. The van der Waals surface area contributed by atoms with E-state index in [1.807, 2.05) is 0 Å². The van der Waals surface area contributed by atoms with Crippen LogP contribution in [-0.2, 0) is 4.79 Å². The molecule has 3 N–H and O–H groups in total. The van der Waals surface area contributed by atoms with Gasteiger partial charge in [-0.2, -0.15) is 0 Å². The number of aliphatic carboxylic acids is 1. The summed E-state index contributed by atoms with van der Waals surface area (Å²) in [5, 5.41) is 8.84. The molecule has 1 unspecified atom stereocenters. The van der Waals surface area contributed by atoms with Crippen LogP contribution in [0.15, 0.2) is 0 Å². The van der Waals surface area contributed by atoms with Gasteiger partial charge in [0, 0.05) is 0 Å². The van der Waals surface area contributed by atoms with Gasteiger partial charge >= 0.3 is 5.97 Å². The Balaban J connectivity index is 2.21. The van der Waals surface area contributed by atoms with E-state index in [1.54, 1.807) is 0 Å². The van der Waals surface area contributed by atoms with Crippen molar-refractivity contribution in [2.45, 2.75) is 32.1 Å². The first-order valence-electron chi connectivity index (χ1n) is 4.67. The molecule has 0 aliphatic heterocycles. The molecule has 3 heteroatoms. The van der Waals surface area contributed by atoms with Gasteiger partial charge in [0.1, 0.15) is 0 Å². The van der Waals surface area contributed by atoms with Gasteiger partial charge in [-0.05, 0) is 31.7 Å². The van der Waals surface area contributed by atoms with Crippen molar-refractivity contribution < 1.29 is 9.90 Å². The minimum atomic E-state index is -0.643. The van der Waals surface area contributed by atoms with E-state index in [4.69, 9.17) is 10.8 Å². The van der Waals surface area contributed by atoms with Crippen molar-refractivity contribution in [3.8, 4) is 0 Å². The molecule has 12 heavy (non-hydrogen) atoms. The van der Waals surface area contributed by atoms with Gasteiger partial charge in [0.15, 0.2) is 0 Å². The molecule has 1 saturated carbocycles. The third-order valence-corrected chi connectivity index (χ3v) is 2.42. The Labute approximate surface area is 72.9 Å². The zero-order valence-electron chi connectivity index (χ0n) is 7.33. The molecule has 1 atom stereocenters. The fourth-order valence-corrected chi connectivity index (χ4v) is 1.46. The van der Waals surface area contributed by atoms with E-state index >= 15 is 0 Å². The topological polar surface area (TPSA) is 63.3 Å². The molecule has 70 valence electrons. The van der Waals surface area contributed by atoms with Crippen LogP contribution in [0, 0.1) is 11.8 Å². The Kier molecular flexibility index (Phi) is 3.53. The lowest BCUT2D eigenvalue weighted by Gasteiger charge is -2.09. The Morgan fingerprint density at radius 2 is 2.25 bits per heavy atom. The molecular weight excluding hydrogens is 154 g/mol. The molecule has 0 aromatic carbocycles. The first-order valence-corrected chi connectivity index (χ1v) is 4.67. The molecule has 1 aliphatic rings. The van der Waals surface area contributed by atoms with Crippen molar-refractivity contribution >= 4 is 5.97 Å².